The molecule has 0 aromatic heterocycles. The van der Waals surface area contributed by atoms with Crippen molar-refractivity contribution >= 4 is 23.1 Å². The first-order chi connectivity index (χ1) is 23.1. The molecule has 1 aromatic carbocycles. The summed E-state index contributed by atoms with van der Waals surface area (Å²) in [5, 5.41) is 45.5. The molecule has 0 spiro atoms. The van der Waals surface area contributed by atoms with Crippen molar-refractivity contribution in [3.63, 3.8) is 0 Å². The number of Topliss-reactive ketones (excluding diaryl/α,β-unsaturated/α-hetero) is 3. The van der Waals surface area contributed by atoms with E-state index in [1.807, 2.05) is 6.92 Å². The number of aliphatic hydroxyl groups excluding tert-OH is 1. The number of phenolic OH excluding ortho intramolecular Hbond substituents is 1. The third-order valence-corrected chi connectivity index (χ3v) is 11.3. The molecule has 3 aliphatic heterocycles. The van der Waals surface area contributed by atoms with Crippen molar-refractivity contribution in [1.29, 1.82) is 0 Å². The summed E-state index contributed by atoms with van der Waals surface area (Å²) in [5.74, 6) is -3.13. The van der Waals surface area contributed by atoms with Gasteiger partial charge in [0.2, 0.25) is 0 Å². The van der Waals surface area contributed by atoms with Gasteiger partial charge in [-0.25, -0.2) is 0 Å². The SMILES string of the molecule is C[C@@H]1O[C@@H]([C@@]2(C)CC(=O)[C@]3(O)C4=C(C=C[C@]3(O)C2)C(=O)c2c(ccc([C@H]3CC[C@H](O[C@H]5CC[C@@H](O)[C@H](C)O5)[C@@H](C)O3)c2O)C4=O)C=CC1=O. The van der Waals surface area contributed by atoms with Gasteiger partial charge >= 0.3 is 0 Å². The number of hydrogen-bond donors (Lipinski definition) is 4. The van der Waals surface area contributed by atoms with Gasteiger partial charge in [0.25, 0.3) is 0 Å². The van der Waals surface area contributed by atoms with Gasteiger partial charge in [0, 0.05) is 35.0 Å². The fraction of sp³-hybridized carbons (Fsp3) is 0.568. The van der Waals surface area contributed by atoms with E-state index in [1.165, 1.54) is 36.4 Å². The summed E-state index contributed by atoms with van der Waals surface area (Å²) in [6.07, 6.45) is 2.77. The lowest BCUT2D eigenvalue weighted by atomic mass is 9.53. The van der Waals surface area contributed by atoms with E-state index in [9.17, 15) is 39.6 Å². The largest absolute Gasteiger partial charge is 0.507 e. The van der Waals surface area contributed by atoms with Crippen molar-refractivity contribution < 1.29 is 58.6 Å². The van der Waals surface area contributed by atoms with E-state index < -0.39 is 82.1 Å². The van der Waals surface area contributed by atoms with Crippen LogP contribution in [0.15, 0.2) is 47.6 Å². The average molecular weight is 679 g/mol. The molecule has 49 heavy (non-hydrogen) atoms. The number of benzene rings is 1. The number of aliphatic hydroxyl groups is 3. The molecular formula is C37H42O12. The molecule has 12 nitrogen and oxygen atoms in total. The molecule has 2 saturated heterocycles. The van der Waals surface area contributed by atoms with Crippen LogP contribution in [-0.4, -0.2) is 97.7 Å². The van der Waals surface area contributed by atoms with E-state index >= 15 is 0 Å². The molecule has 0 radical (unpaired) electrons. The maximum absolute atomic E-state index is 14.1. The zero-order valence-electron chi connectivity index (χ0n) is 27.9. The fourth-order valence-corrected chi connectivity index (χ4v) is 8.46. The van der Waals surface area contributed by atoms with E-state index in [0.717, 1.165) is 0 Å². The molecule has 1 aromatic rings. The second-order valence-electron chi connectivity index (χ2n) is 14.7. The van der Waals surface area contributed by atoms with Crippen molar-refractivity contribution in [3.8, 4) is 5.75 Å². The highest BCUT2D eigenvalue weighted by Gasteiger charge is 2.67. The van der Waals surface area contributed by atoms with Crippen molar-refractivity contribution in [1.82, 2.24) is 0 Å². The van der Waals surface area contributed by atoms with Crippen LogP contribution in [0.1, 0.15) is 98.6 Å². The van der Waals surface area contributed by atoms with Crippen LogP contribution in [0.2, 0.25) is 0 Å². The number of carbonyl (C=O) groups is 4. The number of fused-ring (bicyclic) bond motifs is 3. The summed E-state index contributed by atoms with van der Waals surface area (Å²) >= 11 is 0. The van der Waals surface area contributed by atoms with Crippen LogP contribution in [0.25, 0.3) is 0 Å². The van der Waals surface area contributed by atoms with Crippen LogP contribution in [0.4, 0.5) is 0 Å². The van der Waals surface area contributed by atoms with Crippen LogP contribution in [-0.2, 0) is 28.5 Å². The molecule has 0 bridgehead atoms. The molecule has 3 heterocycles. The maximum Gasteiger partial charge on any atom is 0.198 e. The van der Waals surface area contributed by atoms with Crippen molar-refractivity contribution in [2.24, 2.45) is 5.41 Å². The number of carbonyl (C=O) groups excluding carboxylic acids is 4. The van der Waals surface area contributed by atoms with Gasteiger partial charge in [-0.2, -0.15) is 0 Å². The van der Waals surface area contributed by atoms with Gasteiger partial charge in [-0.15, -0.1) is 0 Å². The molecular weight excluding hydrogens is 636 g/mol. The van der Waals surface area contributed by atoms with E-state index in [2.05, 4.69) is 0 Å². The van der Waals surface area contributed by atoms with E-state index in [0.29, 0.717) is 31.2 Å². The van der Waals surface area contributed by atoms with Crippen molar-refractivity contribution in [2.45, 2.75) is 126 Å². The molecule has 262 valence electrons. The van der Waals surface area contributed by atoms with Crippen LogP contribution < -0.4 is 0 Å². The molecule has 12 heteroatoms. The zero-order valence-corrected chi connectivity index (χ0v) is 27.9. The Morgan fingerprint density at radius 1 is 0.898 bits per heavy atom. The highest BCUT2D eigenvalue weighted by Crippen LogP contribution is 2.55. The molecule has 6 aliphatic rings. The molecule has 4 N–H and O–H groups in total. The minimum absolute atomic E-state index is 0.195. The molecule has 3 aliphatic carbocycles. The normalized spacial score (nSPS) is 42.2. The lowest BCUT2D eigenvalue weighted by Gasteiger charge is -2.54. The topological polar surface area (TPSA) is 186 Å². The first-order valence-electron chi connectivity index (χ1n) is 17.0. The third kappa shape index (κ3) is 5.22. The number of phenols is 1. The number of rotatable bonds is 4. The monoisotopic (exact) mass is 678 g/mol. The van der Waals surface area contributed by atoms with Gasteiger partial charge in [-0.1, -0.05) is 25.1 Å². The summed E-state index contributed by atoms with van der Waals surface area (Å²) in [6.45, 7) is 6.94. The Kier molecular flexibility index (Phi) is 8.26. The Morgan fingerprint density at radius 2 is 1.65 bits per heavy atom. The molecule has 0 unspecified atom stereocenters. The second-order valence-corrected chi connectivity index (χ2v) is 14.7. The molecule has 7 rings (SSSR count). The summed E-state index contributed by atoms with van der Waals surface area (Å²) in [7, 11) is 0. The number of allylic oxidation sites excluding steroid dienone is 2. The van der Waals surface area contributed by atoms with Gasteiger partial charge in [0.05, 0.1) is 47.8 Å². The summed E-state index contributed by atoms with van der Waals surface area (Å²) in [5.41, 5.74) is -6.99. The Balaban J connectivity index is 1.14. The summed E-state index contributed by atoms with van der Waals surface area (Å²) < 4.78 is 24.1. The lowest BCUT2D eigenvalue weighted by molar-refractivity contribution is -0.260. The highest BCUT2D eigenvalue weighted by molar-refractivity contribution is 6.32. The standard InChI is InChI=1S/C37H42O12/c1-17-23(38)7-11-28(47-17)35(4)15-27(40)37(45)31-22(13-14-36(37,44)16-35)33(42)30-21(34(31)43)6-5-20(32(30)41)26-10-9-25(19(3)46-26)49-29-12-8-24(39)18(2)48-29/h5-7,11,13-14,17-19,24-26,28-29,39,41,44-45H,8-10,12,15-16H2,1-4H3/t17-,18-,19+,24+,25-,26+,28+,29-,35-,36-,37-/m0/s1. The Morgan fingerprint density at radius 3 is 2.35 bits per heavy atom. The predicted molar refractivity (Wildman–Crippen MR) is 171 cm³/mol. The summed E-state index contributed by atoms with van der Waals surface area (Å²) in [6, 6.07) is 2.88. The van der Waals surface area contributed by atoms with Crippen molar-refractivity contribution in [2.75, 3.05) is 0 Å². The van der Waals surface area contributed by atoms with Crippen LogP contribution >= 0.6 is 0 Å². The minimum atomic E-state index is -2.73. The quantitative estimate of drug-likeness (QED) is 0.366. The Hall–Kier alpha value is -3.36. The minimum Gasteiger partial charge on any atom is -0.507 e. The van der Waals surface area contributed by atoms with E-state index in [4.69, 9.17) is 18.9 Å². The highest BCUT2D eigenvalue weighted by atomic mass is 16.7. The zero-order chi connectivity index (χ0) is 35.2. The molecule has 0 amide bonds. The van der Waals surface area contributed by atoms with Gasteiger partial charge in [0.15, 0.2) is 35.0 Å². The van der Waals surface area contributed by atoms with Crippen LogP contribution in [0, 0.1) is 5.41 Å². The van der Waals surface area contributed by atoms with Gasteiger partial charge < -0.3 is 39.4 Å². The molecule has 1 saturated carbocycles. The molecule has 11 atom stereocenters. The predicted octanol–water partition coefficient (Wildman–Crippen LogP) is 2.89. The lowest BCUT2D eigenvalue weighted by Crippen LogP contribution is -2.69. The van der Waals surface area contributed by atoms with Crippen LogP contribution in [0.3, 0.4) is 0 Å². The van der Waals surface area contributed by atoms with Crippen molar-refractivity contribution in [3.05, 3.63) is 64.3 Å². The first kappa shape index (κ1) is 34.1. The smallest absolute Gasteiger partial charge is 0.198 e. The van der Waals surface area contributed by atoms with E-state index in [-0.39, 0.29) is 47.5 Å². The third-order valence-electron chi connectivity index (χ3n) is 11.3. The number of ketones is 4. The Bertz CT molecular complexity index is 1720. The number of aromatic hydroxyl groups is 1. The van der Waals surface area contributed by atoms with Gasteiger partial charge in [-0.3, -0.25) is 19.2 Å². The first-order valence-corrected chi connectivity index (χ1v) is 17.0. The number of hydrogen-bond acceptors (Lipinski definition) is 12. The van der Waals surface area contributed by atoms with Crippen LogP contribution in [0.5, 0.6) is 5.75 Å². The fourth-order valence-electron chi connectivity index (χ4n) is 8.46. The maximum atomic E-state index is 14.1. The second kappa shape index (κ2) is 11.9. The number of ether oxygens (including phenoxy) is 4. The van der Waals surface area contributed by atoms with Gasteiger partial charge in [-0.05, 0) is 64.7 Å². The van der Waals surface area contributed by atoms with Gasteiger partial charge in [0.1, 0.15) is 17.5 Å². The van der Waals surface area contributed by atoms with E-state index in [1.54, 1.807) is 20.8 Å². The summed E-state index contributed by atoms with van der Waals surface area (Å²) in [4.78, 5) is 54.1. The Labute approximate surface area is 283 Å². The average Bonchev–Trinajstić information content (AvgIpc) is 3.04. The molecule has 3 fully saturated rings.